The summed E-state index contributed by atoms with van der Waals surface area (Å²) < 4.78 is 5.30. The van der Waals surface area contributed by atoms with Crippen molar-refractivity contribution in [2.24, 2.45) is 0 Å². The summed E-state index contributed by atoms with van der Waals surface area (Å²) in [4.78, 5) is 0. The quantitative estimate of drug-likeness (QED) is 0.736. The molecule has 2 heteroatoms. The average molecular weight is 163 g/mol. The molecule has 0 spiro atoms. The van der Waals surface area contributed by atoms with Gasteiger partial charge in [0.2, 0.25) is 0 Å². The molecule has 0 bridgehead atoms. The van der Waals surface area contributed by atoms with Crippen molar-refractivity contribution < 1.29 is 4.42 Å². The number of rotatable bonds is 4. The minimum atomic E-state index is 0.729. The predicted molar refractivity (Wildman–Crippen MR) is 48.7 cm³/mol. The Morgan fingerprint density at radius 1 is 1.67 bits per heavy atom. The third-order valence-corrected chi connectivity index (χ3v) is 2.13. The zero-order valence-electron chi connectivity index (χ0n) is 7.05. The van der Waals surface area contributed by atoms with Crippen LogP contribution in [-0.4, -0.2) is 6.04 Å². The van der Waals surface area contributed by atoms with Gasteiger partial charge in [0.1, 0.15) is 5.76 Å². The molecule has 2 rings (SSSR count). The molecule has 0 unspecified atom stereocenters. The van der Waals surface area contributed by atoms with E-state index in [2.05, 4.69) is 11.9 Å². The molecule has 1 aliphatic rings. The van der Waals surface area contributed by atoms with Crippen LogP contribution in [0, 0.1) is 0 Å². The Morgan fingerprint density at radius 2 is 2.50 bits per heavy atom. The number of hydrogen-bond acceptors (Lipinski definition) is 2. The second-order valence-electron chi connectivity index (χ2n) is 3.16. The summed E-state index contributed by atoms with van der Waals surface area (Å²) in [6.07, 6.45) is 6.16. The normalized spacial score (nSPS) is 16.3. The van der Waals surface area contributed by atoms with E-state index < -0.39 is 0 Å². The predicted octanol–water partition coefficient (Wildman–Crippen LogP) is 2.17. The van der Waals surface area contributed by atoms with Gasteiger partial charge in [-0.1, -0.05) is 12.7 Å². The Kier molecular flexibility index (Phi) is 2.00. The summed E-state index contributed by atoms with van der Waals surface area (Å²) in [5.41, 5.74) is 1.10. The molecule has 1 aliphatic carbocycles. The van der Waals surface area contributed by atoms with E-state index in [1.165, 1.54) is 12.8 Å². The zero-order chi connectivity index (χ0) is 8.39. The lowest BCUT2D eigenvalue weighted by Crippen LogP contribution is -2.15. The fourth-order valence-corrected chi connectivity index (χ4v) is 1.20. The van der Waals surface area contributed by atoms with Crippen LogP contribution >= 0.6 is 0 Å². The fourth-order valence-electron chi connectivity index (χ4n) is 1.20. The molecule has 1 fully saturated rings. The molecule has 0 aliphatic heterocycles. The standard InChI is InChI=1S/C10H13NO/c1-2-8-5-6-12-10(8)7-11-9-3-4-9/h2,5-6,9,11H,1,3-4,7H2. The van der Waals surface area contributed by atoms with Gasteiger partial charge in [-0.15, -0.1) is 0 Å². The maximum Gasteiger partial charge on any atom is 0.124 e. The minimum absolute atomic E-state index is 0.729. The second kappa shape index (κ2) is 3.15. The molecule has 0 atom stereocenters. The molecule has 0 amide bonds. The Hall–Kier alpha value is -1.02. The summed E-state index contributed by atoms with van der Waals surface area (Å²) in [6.45, 7) is 4.55. The topological polar surface area (TPSA) is 25.2 Å². The first-order valence-corrected chi connectivity index (χ1v) is 4.32. The summed E-state index contributed by atoms with van der Waals surface area (Å²) in [6, 6.07) is 2.67. The summed E-state index contributed by atoms with van der Waals surface area (Å²) in [7, 11) is 0. The smallest absolute Gasteiger partial charge is 0.124 e. The molecule has 1 N–H and O–H groups in total. The largest absolute Gasteiger partial charge is 0.467 e. The van der Waals surface area contributed by atoms with Crippen molar-refractivity contribution in [2.75, 3.05) is 0 Å². The van der Waals surface area contributed by atoms with Gasteiger partial charge in [0, 0.05) is 11.6 Å². The molecular formula is C10H13NO. The highest BCUT2D eigenvalue weighted by atomic mass is 16.3. The van der Waals surface area contributed by atoms with Crippen molar-refractivity contribution in [2.45, 2.75) is 25.4 Å². The molecular weight excluding hydrogens is 150 g/mol. The monoisotopic (exact) mass is 163 g/mol. The molecule has 1 heterocycles. The van der Waals surface area contributed by atoms with Crippen molar-refractivity contribution in [3.63, 3.8) is 0 Å². The Bertz CT molecular complexity index is 273. The van der Waals surface area contributed by atoms with Gasteiger partial charge in [-0.05, 0) is 18.9 Å². The summed E-state index contributed by atoms with van der Waals surface area (Å²) >= 11 is 0. The van der Waals surface area contributed by atoms with Gasteiger partial charge in [0.05, 0.1) is 12.8 Å². The summed E-state index contributed by atoms with van der Waals surface area (Å²) in [5, 5.41) is 3.39. The first-order valence-electron chi connectivity index (χ1n) is 4.32. The van der Waals surface area contributed by atoms with E-state index in [1.807, 2.05) is 12.1 Å². The lowest BCUT2D eigenvalue weighted by Gasteiger charge is -1.99. The average Bonchev–Trinajstić information content (AvgIpc) is 2.81. The lowest BCUT2D eigenvalue weighted by molar-refractivity contribution is 0.481. The van der Waals surface area contributed by atoms with E-state index >= 15 is 0 Å². The Labute approximate surface area is 72.3 Å². The highest BCUT2D eigenvalue weighted by molar-refractivity contribution is 5.48. The third-order valence-electron chi connectivity index (χ3n) is 2.13. The number of nitrogens with one attached hydrogen (secondary N) is 1. The highest BCUT2D eigenvalue weighted by Crippen LogP contribution is 2.20. The van der Waals surface area contributed by atoms with Crippen LogP contribution < -0.4 is 5.32 Å². The number of furan rings is 1. The Balaban J connectivity index is 1.95. The SMILES string of the molecule is C=Cc1ccoc1CNC1CC1. The van der Waals surface area contributed by atoms with Gasteiger partial charge < -0.3 is 9.73 Å². The first kappa shape index (κ1) is 7.62. The molecule has 0 aromatic carbocycles. The van der Waals surface area contributed by atoms with Gasteiger partial charge >= 0.3 is 0 Å². The van der Waals surface area contributed by atoms with Crippen molar-refractivity contribution in [3.8, 4) is 0 Å². The lowest BCUT2D eigenvalue weighted by atomic mass is 10.2. The van der Waals surface area contributed by atoms with E-state index in [4.69, 9.17) is 4.42 Å². The number of hydrogen-bond donors (Lipinski definition) is 1. The highest BCUT2D eigenvalue weighted by Gasteiger charge is 2.20. The maximum atomic E-state index is 5.30. The van der Waals surface area contributed by atoms with E-state index in [9.17, 15) is 0 Å². The molecule has 2 nitrogen and oxygen atoms in total. The molecule has 1 aromatic rings. The van der Waals surface area contributed by atoms with Crippen molar-refractivity contribution in [3.05, 3.63) is 30.2 Å². The molecule has 0 saturated heterocycles. The van der Waals surface area contributed by atoms with E-state index in [0.29, 0.717) is 0 Å². The minimum Gasteiger partial charge on any atom is -0.467 e. The molecule has 12 heavy (non-hydrogen) atoms. The van der Waals surface area contributed by atoms with Gasteiger partial charge in [0.25, 0.3) is 0 Å². The Morgan fingerprint density at radius 3 is 3.17 bits per heavy atom. The second-order valence-corrected chi connectivity index (χ2v) is 3.16. The van der Waals surface area contributed by atoms with Gasteiger partial charge in [-0.2, -0.15) is 0 Å². The van der Waals surface area contributed by atoms with E-state index in [1.54, 1.807) is 6.26 Å². The van der Waals surface area contributed by atoms with Crippen LogP contribution in [0.3, 0.4) is 0 Å². The maximum absolute atomic E-state index is 5.30. The summed E-state index contributed by atoms with van der Waals surface area (Å²) in [5.74, 6) is 0.997. The van der Waals surface area contributed by atoms with Crippen LogP contribution in [0.25, 0.3) is 6.08 Å². The molecule has 0 radical (unpaired) electrons. The van der Waals surface area contributed by atoms with E-state index in [0.717, 1.165) is 23.9 Å². The zero-order valence-corrected chi connectivity index (χ0v) is 7.05. The van der Waals surface area contributed by atoms with Crippen LogP contribution in [0.15, 0.2) is 23.3 Å². The third kappa shape index (κ3) is 1.59. The van der Waals surface area contributed by atoms with Crippen LogP contribution in [-0.2, 0) is 6.54 Å². The van der Waals surface area contributed by atoms with Gasteiger partial charge in [-0.3, -0.25) is 0 Å². The molecule has 1 aromatic heterocycles. The van der Waals surface area contributed by atoms with Crippen LogP contribution in [0.5, 0.6) is 0 Å². The van der Waals surface area contributed by atoms with Crippen molar-refractivity contribution in [1.29, 1.82) is 0 Å². The molecule has 1 saturated carbocycles. The van der Waals surface area contributed by atoms with Crippen molar-refractivity contribution in [1.82, 2.24) is 5.32 Å². The van der Waals surface area contributed by atoms with Gasteiger partial charge in [0.15, 0.2) is 0 Å². The van der Waals surface area contributed by atoms with Crippen molar-refractivity contribution >= 4 is 6.08 Å². The van der Waals surface area contributed by atoms with E-state index in [-0.39, 0.29) is 0 Å². The van der Waals surface area contributed by atoms with Crippen LogP contribution in [0.4, 0.5) is 0 Å². The molecule has 64 valence electrons. The van der Waals surface area contributed by atoms with Crippen LogP contribution in [0.2, 0.25) is 0 Å². The van der Waals surface area contributed by atoms with Gasteiger partial charge in [-0.25, -0.2) is 0 Å². The first-order chi connectivity index (χ1) is 5.90. The van der Waals surface area contributed by atoms with Crippen LogP contribution in [0.1, 0.15) is 24.2 Å². The fraction of sp³-hybridized carbons (Fsp3) is 0.400.